The number of hydrogen-bond acceptors (Lipinski definition) is 3. The van der Waals surface area contributed by atoms with E-state index in [4.69, 9.17) is 0 Å². The number of fused-ring (bicyclic) bond motifs is 1. The van der Waals surface area contributed by atoms with Crippen LogP contribution >= 0.6 is 0 Å². The molecular weight excluding hydrogens is 329 g/mol. The van der Waals surface area contributed by atoms with Gasteiger partial charge in [0.25, 0.3) is 0 Å². The van der Waals surface area contributed by atoms with E-state index in [0.29, 0.717) is 11.1 Å². The van der Waals surface area contributed by atoms with Gasteiger partial charge in [0.1, 0.15) is 0 Å². The Hall–Kier alpha value is -2.35. The zero-order chi connectivity index (χ0) is 16.8. The van der Waals surface area contributed by atoms with E-state index in [1.807, 2.05) is 0 Å². The standard InChI is InChI=1S/C15H11F3N2O2S/c1-23(21,22)11-4-2-9(3-5-11)12-6-10(15(16,17)18)7-13-14(12)20-8-19-13/h2-8H,1H3,(H,19,20). The van der Waals surface area contributed by atoms with Crippen molar-refractivity contribution in [1.82, 2.24) is 9.97 Å². The smallest absolute Gasteiger partial charge is 0.345 e. The molecule has 0 bridgehead atoms. The van der Waals surface area contributed by atoms with Crippen LogP contribution in [0.2, 0.25) is 0 Å². The summed E-state index contributed by atoms with van der Waals surface area (Å²) in [6, 6.07) is 7.68. The van der Waals surface area contributed by atoms with Gasteiger partial charge in [0.15, 0.2) is 9.84 Å². The maximum Gasteiger partial charge on any atom is 0.416 e. The maximum absolute atomic E-state index is 13.0. The molecule has 2 aromatic carbocycles. The summed E-state index contributed by atoms with van der Waals surface area (Å²) >= 11 is 0. The molecule has 3 aromatic rings. The Morgan fingerprint density at radius 2 is 1.74 bits per heavy atom. The molecule has 0 radical (unpaired) electrons. The first-order chi connectivity index (χ1) is 10.7. The normalized spacial score (nSPS) is 12.7. The molecule has 0 aliphatic heterocycles. The van der Waals surface area contributed by atoms with E-state index < -0.39 is 21.6 Å². The summed E-state index contributed by atoms with van der Waals surface area (Å²) in [5.41, 5.74) is 0.611. The van der Waals surface area contributed by atoms with Gasteiger partial charge in [0.05, 0.1) is 27.8 Å². The van der Waals surface area contributed by atoms with E-state index in [9.17, 15) is 21.6 Å². The lowest BCUT2D eigenvalue weighted by atomic mass is 10.0. The van der Waals surface area contributed by atoms with E-state index in [0.717, 1.165) is 18.4 Å². The average molecular weight is 340 g/mol. The molecule has 4 nitrogen and oxygen atoms in total. The van der Waals surface area contributed by atoms with Gasteiger partial charge in [-0.1, -0.05) is 12.1 Å². The maximum atomic E-state index is 13.0. The molecule has 1 heterocycles. The number of hydrogen-bond donors (Lipinski definition) is 1. The Morgan fingerprint density at radius 3 is 2.30 bits per heavy atom. The second kappa shape index (κ2) is 5.09. The number of H-pyrrole nitrogens is 1. The third-order valence-electron chi connectivity index (χ3n) is 3.44. The number of benzene rings is 2. The highest BCUT2D eigenvalue weighted by Crippen LogP contribution is 2.36. The van der Waals surface area contributed by atoms with E-state index in [-0.39, 0.29) is 16.0 Å². The number of imidazole rings is 1. The van der Waals surface area contributed by atoms with Crippen molar-refractivity contribution in [1.29, 1.82) is 0 Å². The minimum atomic E-state index is -4.49. The number of alkyl halides is 3. The number of aromatic amines is 1. The van der Waals surface area contributed by atoms with Crippen molar-refractivity contribution in [3.05, 3.63) is 48.3 Å². The van der Waals surface area contributed by atoms with E-state index in [1.54, 1.807) is 0 Å². The lowest BCUT2D eigenvalue weighted by Crippen LogP contribution is -2.05. The van der Waals surface area contributed by atoms with Crippen LogP contribution in [0.4, 0.5) is 13.2 Å². The molecule has 1 N–H and O–H groups in total. The molecule has 0 aliphatic rings. The van der Waals surface area contributed by atoms with Crippen LogP contribution < -0.4 is 0 Å². The fourth-order valence-electron chi connectivity index (χ4n) is 2.32. The van der Waals surface area contributed by atoms with Crippen LogP contribution in [-0.4, -0.2) is 24.6 Å². The molecule has 0 saturated carbocycles. The van der Waals surface area contributed by atoms with Crippen molar-refractivity contribution in [2.24, 2.45) is 0 Å². The minimum Gasteiger partial charge on any atom is -0.345 e. The molecule has 23 heavy (non-hydrogen) atoms. The number of aromatic nitrogens is 2. The number of nitrogens with zero attached hydrogens (tertiary/aromatic N) is 1. The lowest BCUT2D eigenvalue weighted by molar-refractivity contribution is -0.137. The topological polar surface area (TPSA) is 62.8 Å². The summed E-state index contributed by atoms with van der Waals surface area (Å²) in [7, 11) is -3.37. The fraction of sp³-hybridized carbons (Fsp3) is 0.133. The Kier molecular flexibility index (Phi) is 3.44. The number of halogens is 3. The number of nitrogens with one attached hydrogen (secondary N) is 1. The van der Waals surface area contributed by atoms with Gasteiger partial charge in [-0.2, -0.15) is 13.2 Å². The Bertz CT molecular complexity index is 974. The highest BCUT2D eigenvalue weighted by molar-refractivity contribution is 7.90. The van der Waals surface area contributed by atoms with Crippen LogP contribution in [0.3, 0.4) is 0 Å². The first kappa shape index (κ1) is 15.5. The fourth-order valence-corrected chi connectivity index (χ4v) is 2.95. The molecule has 1 aromatic heterocycles. The van der Waals surface area contributed by atoms with Crippen LogP contribution in [0.25, 0.3) is 22.2 Å². The van der Waals surface area contributed by atoms with E-state index in [1.165, 1.54) is 30.6 Å². The third kappa shape index (κ3) is 2.94. The predicted octanol–water partition coefficient (Wildman–Crippen LogP) is 3.65. The van der Waals surface area contributed by atoms with Gasteiger partial charge in [0.2, 0.25) is 0 Å². The van der Waals surface area contributed by atoms with Crippen LogP contribution in [-0.2, 0) is 16.0 Å². The van der Waals surface area contributed by atoms with Crippen molar-refractivity contribution in [2.75, 3.05) is 6.26 Å². The second-order valence-electron chi connectivity index (χ2n) is 5.12. The minimum absolute atomic E-state index is 0.103. The highest BCUT2D eigenvalue weighted by atomic mass is 32.2. The molecule has 0 unspecified atom stereocenters. The monoisotopic (exact) mass is 340 g/mol. The molecule has 3 rings (SSSR count). The van der Waals surface area contributed by atoms with Crippen molar-refractivity contribution >= 4 is 20.9 Å². The van der Waals surface area contributed by atoms with Gasteiger partial charge in [-0.3, -0.25) is 0 Å². The summed E-state index contributed by atoms with van der Waals surface area (Å²) in [5.74, 6) is 0. The second-order valence-corrected chi connectivity index (χ2v) is 7.13. The van der Waals surface area contributed by atoms with Crippen molar-refractivity contribution in [3.63, 3.8) is 0 Å². The van der Waals surface area contributed by atoms with Gasteiger partial charge in [-0.15, -0.1) is 0 Å². The third-order valence-corrected chi connectivity index (χ3v) is 4.57. The molecule has 0 saturated heterocycles. The largest absolute Gasteiger partial charge is 0.416 e. The Balaban J connectivity index is 2.21. The first-order valence-electron chi connectivity index (χ1n) is 6.51. The van der Waals surface area contributed by atoms with Crippen LogP contribution in [0.15, 0.2) is 47.6 Å². The van der Waals surface area contributed by atoms with Gasteiger partial charge in [-0.05, 0) is 29.8 Å². The Labute approximate surface area is 129 Å². The quantitative estimate of drug-likeness (QED) is 0.774. The van der Waals surface area contributed by atoms with Crippen LogP contribution in [0.1, 0.15) is 5.56 Å². The highest BCUT2D eigenvalue weighted by Gasteiger charge is 2.31. The number of sulfone groups is 1. The Morgan fingerprint density at radius 1 is 1.09 bits per heavy atom. The van der Waals surface area contributed by atoms with Gasteiger partial charge < -0.3 is 4.98 Å². The van der Waals surface area contributed by atoms with Crippen molar-refractivity contribution in [3.8, 4) is 11.1 Å². The summed E-state index contributed by atoms with van der Waals surface area (Å²) < 4.78 is 62.0. The van der Waals surface area contributed by atoms with Crippen molar-refractivity contribution < 1.29 is 21.6 Å². The summed E-state index contributed by atoms with van der Waals surface area (Å²) in [4.78, 5) is 6.82. The van der Waals surface area contributed by atoms with E-state index >= 15 is 0 Å². The summed E-state index contributed by atoms with van der Waals surface area (Å²) in [6.45, 7) is 0. The molecule has 0 spiro atoms. The van der Waals surface area contributed by atoms with E-state index in [2.05, 4.69) is 9.97 Å². The van der Waals surface area contributed by atoms with Gasteiger partial charge in [0, 0.05) is 11.8 Å². The van der Waals surface area contributed by atoms with Gasteiger partial charge >= 0.3 is 6.18 Å². The SMILES string of the molecule is CS(=O)(=O)c1ccc(-c2cc(C(F)(F)F)cc3[nH]cnc23)cc1. The zero-order valence-corrected chi connectivity index (χ0v) is 12.7. The summed E-state index contributed by atoms with van der Waals surface area (Å²) in [5, 5.41) is 0. The molecule has 120 valence electrons. The molecule has 8 heteroatoms. The molecule has 0 amide bonds. The predicted molar refractivity (Wildman–Crippen MR) is 79.6 cm³/mol. The van der Waals surface area contributed by atoms with Crippen LogP contribution in [0, 0.1) is 0 Å². The van der Waals surface area contributed by atoms with Crippen molar-refractivity contribution in [2.45, 2.75) is 11.1 Å². The summed E-state index contributed by atoms with van der Waals surface area (Å²) in [6.07, 6.45) is -2.10. The molecule has 0 fully saturated rings. The lowest BCUT2D eigenvalue weighted by Gasteiger charge is -2.10. The number of rotatable bonds is 2. The van der Waals surface area contributed by atoms with Gasteiger partial charge in [-0.25, -0.2) is 13.4 Å². The molecule has 0 atom stereocenters. The van der Waals surface area contributed by atoms with Crippen LogP contribution in [0.5, 0.6) is 0 Å². The first-order valence-corrected chi connectivity index (χ1v) is 8.40. The zero-order valence-electron chi connectivity index (χ0n) is 11.8. The molecular formula is C15H11F3N2O2S. The molecule has 0 aliphatic carbocycles. The average Bonchev–Trinajstić information content (AvgIpc) is 2.93.